The van der Waals surface area contributed by atoms with Crippen molar-refractivity contribution in [2.75, 3.05) is 6.54 Å². The minimum Gasteiger partial charge on any atom is -0.338 e. The number of likely N-dealkylation sites (tertiary alicyclic amines) is 1. The largest absolute Gasteiger partial charge is 0.338 e. The lowest BCUT2D eigenvalue weighted by atomic mass is 9.86. The zero-order chi connectivity index (χ0) is 18.1. The van der Waals surface area contributed by atoms with Gasteiger partial charge < -0.3 is 4.90 Å². The Morgan fingerprint density at radius 2 is 2.12 bits per heavy atom. The maximum atomic E-state index is 13.2. The summed E-state index contributed by atoms with van der Waals surface area (Å²) < 4.78 is 1.79. The normalized spacial score (nSPS) is 26.2. The summed E-state index contributed by atoms with van der Waals surface area (Å²) in [5.41, 5.74) is 2.17. The van der Waals surface area contributed by atoms with Gasteiger partial charge in [-0.2, -0.15) is 10.4 Å². The molecule has 1 amide bonds. The Balaban J connectivity index is 1.52. The molecule has 26 heavy (non-hydrogen) atoms. The number of hydrogen-bond donors (Lipinski definition) is 0. The van der Waals surface area contributed by atoms with E-state index in [0.717, 1.165) is 43.4 Å². The number of hydrogen-bond acceptors (Lipinski definition) is 3. The van der Waals surface area contributed by atoms with E-state index in [9.17, 15) is 10.1 Å². The second-order valence-corrected chi connectivity index (χ2v) is 7.51. The van der Waals surface area contributed by atoms with Gasteiger partial charge in [0.05, 0.1) is 24.2 Å². The summed E-state index contributed by atoms with van der Waals surface area (Å²) in [6.07, 6.45) is 7.79. The van der Waals surface area contributed by atoms with E-state index in [0.29, 0.717) is 0 Å². The Morgan fingerprint density at radius 1 is 1.31 bits per heavy atom. The van der Waals surface area contributed by atoms with Crippen LogP contribution in [0.3, 0.4) is 0 Å². The molecule has 2 heterocycles. The number of rotatable bonds is 4. The summed E-state index contributed by atoms with van der Waals surface area (Å²) in [6, 6.07) is 12.4. The van der Waals surface area contributed by atoms with E-state index in [1.807, 2.05) is 54.7 Å². The van der Waals surface area contributed by atoms with Crippen LogP contribution in [0.5, 0.6) is 0 Å². The molecule has 1 aromatic heterocycles. The number of nitrogens with zero attached hydrogens (tertiary/aromatic N) is 4. The molecule has 0 unspecified atom stereocenters. The quantitative estimate of drug-likeness (QED) is 0.852. The number of aryl methyl sites for hydroxylation is 1. The van der Waals surface area contributed by atoms with Gasteiger partial charge in [-0.05, 0) is 42.7 Å². The molecule has 1 aliphatic carbocycles. The first-order chi connectivity index (χ1) is 12.7. The number of amides is 1. The number of piperidine rings is 1. The maximum Gasteiger partial charge on any atom is 0.226 e. The number of carbonyl (C=O) groups excluding carboxylic acids is 1. The minimum atomic E-state index is -0.254. The molecule has 2 aliphatic rings. The predicted molar refractivity (Wildman–Crippen MR) is 98.2 cm³/mol. The fraction of sp³-hybridized carbons (Fsp3) is 0.476. The summed E-state index contributed by atoms with van der Waals surface area (Å²) in [5, 5.41) is 14.0. The van der Waals surface area contributed by atoms with Crippen LogP contribution in [-0.2, 0) is 11.8 Å². The molecule has 4 atom stereocenters. The lowest BCUT2D eigenvalue weighted by Gasteiger charge is -2.38. The van der Waals surface area contributed by atoms with Crippen LogP contribution in [0.4, 0.5) is 0 Å². The molecule has 0 spiro atoms. The molecule has 0 bridgehead atoms. The van der Waals surface area contributed by atoms with E-state index < -0.39 is 0 Å². The third-order valence-electron chi connectivity index (χ3n) is 5.78. The highest BCUT2D eigenvalue weighted by Gasteiger charge is 2.48. The second kappa shape index (κ2) is 6.95. The average Bonchev–Trinajstić information content (AvgIpc) is 3.37. The predicted octanol–water partition coefficient (Wildman–Crippen LogP) is 3.21. The van der Waals surface area contributed by atoms with Crippen molar-refractivity contribution in [3.05, 3.63) is 53.9 Å². The van der Waals surface area contributed by atoms with Crippen molar-refractivity contribution >= 4 is 5.91 Å². The fourth-order valence-corrected chi connectivity index (χ4v) is 4.30. The third kappa shape index (κ3) is 3.12. The van der Waals surface area contributed by atoms with Gasteiger partial charge in [0.2, 0.25) is 5.91 Å². The van der Waals surface area contributed by atoms with E-state index >= 15 is 0 Å². The van der Waals surface area contributed by atoms with Crippen LogP contribution in [0.15, 0.2) is 42.7 Å². The number of benzene rings is 1. The van der Waals surface area contributed by atoms with Gasteiger partial charge in [0.25, 0.3) is 0 Å². The SMILES string of the molecule is Cn1cc([C@@H]2C[C@@H]2C(=O)N2CCCC[C@@H]2[C@@H](C#N)c2ccccc2)cn1. The van der Waals surface area contributed by atoms with Gasteiger partial charge in [0.1, 0.15) is 0 Å². The zero-order valence-corrected chi connectivity index (χ0v) is 15.1. The summed E-state index contributed by atoms with van der Waals surface area (Å²) in [6.45, 7) is 0.769. The lowest BCUT2D eigenvalue weighted by molar-refractivity contribution is -0.136. The van der Waals surface area contributed by atoms with Crippen LogP contribution in [0, 0.1) is 17.2 Å². The minimum absolute atomic E-state index is 0.0150. The summed E-state index contributed by atoms with van der Waals surface area (Å²) in [5.74, 6) is 0.307. The molecular weight excluding hydrogens is 324 g/mol. The van der Waals surface area contributed by atoms with Crippen molar-refractivity contribution in [3.8, 4) is 6.07 Å². The smallest absolute Gasteiger partial charge is 0.226 e. The zero-order valence-electron chi connectivity index (χ0n) is 15.1. The Morgan fingerprint density at radius 3 is 2.81 bits per heavy atom. The topological polar surface area (TPSA) is 61.9 Å². The average molecular weight is 348 g/mol. The number of carbonyl (C=O) groups is 1. The van der Waals surface area contributed by atoms with Crippen LogP contribution in [0.1, 0.15) is 48.6 Å². The summed E-state index contributed by atoms with van der Waals surface area (Å²) in [7, 11) is 1.90. The number of aromatic nitrogens is 2. The molecule has 1 saturated carbocycles. The van der Waals surface area contributed by atoms with Gasteiger partial charge >= 0.3 is 0 Å². The van der Waals surface area contributed by atoms with Crippen molar-refractivity contribution in [2.45, 2.75) is 43.6 Å². The fourth-order valence-electron chi connectivity index (χ4n) is 4.30. The monoisotopic (exact) mass is 348 g/mol. The molecule has 2 aromatic rings. The van der Waals surface area contributed by atoms with Crippen LogP contribution < -0.4 is 0 Å². The molecule has 5 heteroatoms. The molecule has 0 radical (unpaired) electrons. The molecule has 2 fully saturated rings. The molecule has 4 rings (SSSR count). The van der Waals surface area contributed by atoms with Gasteiger partial charge in [0, 0.05) is 25.7 Å². The van der Waals surface area contributed by atoms with Crippen molar-refractivity contribution in [2.24, 2.45) is 13.0 Å². The Labute approximate surface area is 154 Å². The van der Waals surface area contributed by atoms with Crippen LogP contribution in [0.25, 0.3) is 0 Å². The van der Waals surface area contributed by atoms with Gasteiger partial charge in [-0.1, -0.05) is 30.3 Å². The Hall–Kier alpha value is -2.61. The molecule has 0 N–H and O–H groups in total. The van der Waals surface area contributed by atoms with Gasteiger partial charge in [-0.15, -0.1) is 0 Å². The Bertz CT molecular complexity index is 822. The van der Waals surface area contributed by atoms with E-state index in [2.05, 4.69) is 11.2 Å². The van der Waals surface area contributed by atoms with Crippen molar-refractivity contribution in [1.82, 2.24) is 14.7 Å². The van der Waals surface area contributed by atoms with Crippen molar-refractivity contribution < 1.29 is 4.79 Å². The second-order valence-electron chi connectivity index (χ2n) is 7.51. The highest BCUT2D eigenvalue weighted by Crippen LogP contribution is 2.49. The van der Waals surface area contributed by atoms with E-state index in [4.69, 9.17) is 0 Å². The van der Waals surface area contributed by atoms with Gasteiger partial charge in [0.15, 0.2) is 0 Å². The first-order valence-electron chi connectivity index (χ1n) is 9.42. The Kier molecular flexibility index (Phi) is 4.50. The molecule has 1 aliphatic heterocycles. The van der Waals surface area contributed by atoms with Gasteiger partial charge in [-0.25, -0.2) is 0 Å². The highest BCUT2D eigenvalue weighted by molar-refractivity contribution is 5.83. The molecular formula is C21H24N4O. The maximum absolute atomic E-state index is 13.2. The van der Waals surface area contributed by atoms with Gasteiger partial charge in [-0.3, -0.25) is 9.48 Å². The standard InChI is InChI=1S/C21H24N4O/c1-24-14-16(13-23-24)17-11-18(17)21(26)25-10-6-5-9-20(25)19(12-22)15-7-3-2-4-8-15/h2-4,7-8,13-14,17-20H,5-6,9-11H2,1H3/t17-,18-,19-,20+/m0/s1. The van der Waals surface area contributed by atoms with Crippen molar-refractivity contribution in [1.29, 1.82) is 5.26 Å². The molecule has 134 valence electrons. The van der Waals surface area contributed by atoms with Crippen LogP contribution in [-0.4, -0.2) is 33.2 Å². The first kappa shape index (κ1) is 16.8. The van der Waals surface area contributed by atoms with Crippen molar-refractivity contribution in [3.63, 3.8) is 0 Å². The molecule has 5 nitrogen and oxygen atoms in total. The van der Waals surface area contributed by atoms with E-state index in [1.54, 1.807) is 4.68 Å². The first-order valence-corrected chi connectivity index (χ1v) is 9.42. The number of nitriles is 1. The molecule has 1 saturated heterocycles. The summed E-state index contributed by atoms with van der Waals surface area (Å²) >= 11 is 0. The highest BCUT2D eigenvalue weighted by atomic mass is 16.2. The van der Waals surface area contributed by atoms with Crippen LogP contribution in [0.2, 0.25) is 0 Å². The van der Waals surface area contributed by atoms with Crippen LogP contribution >= 0.6 is 0 Å². The summed E-state index contributed by atoms with van der Waals surface area (Å²) in [4.78, 5) is 15.2. The van der Waals surface area contributed by atoms with E-state index in [-0.39, 0.29) is 29.7 Å². The molecule has 1 aromatic carbocycles. The lowest BCUT2D eigenvalue weighted by Crippen LogP contribution is -2.47. The van der Waals surface area contributed by atoms with E-state index in [1.165, 1.54) is 0 Å². The third-order valence-corrected chi connectivity index (χ3v) is 5.78.